The smallest absolute Gasteiger partial charge is 0.398 e. The second-order valence-electron chi connectivity index (χ2n) is 5.91. The van der Waals surface area contributed by atoms with Crippen LogP contribution in [0.3, 0.4) is 0 Å². The van der Waals surface area contributed by atoms with Gasteiger partial charge >= 0.3 is 7.12 Å². The zero-order valence-corrected chi connectivity index (χ0v) is 12.9. The maximum absolute atomic E-state index is 6.01. The Bertz CT molecular complexity index is 597. The van der Waals surface area contributed by atoms with Crippen LogP contribution in [0.4, 0.5) is 0 Å². The van der Waals surface area contributed by atoms with Gasteiger partial charge in [0, 0.05) is 23.3 Å². The van der Waals surface area contributed by atoms with Gasteiger partial charge in [-0.2, -0.15) is 0 Å². The molecule has 20 heavy (non-hydrogen) atoms. The van der Waals surface area contributed by atoms with Crippen molar-refractivity contribution >= 4 is 24.0 Å². The lowest BCUT2D eigenvalue weighted by atomic mass is 9.86. The van der Waals surface area contributed by atoms with E-state index in [0.29, 0.717) is 0 Å². The van der Waals surface area contributed by atoms with Crippen LogP contribution in [0.1, 0.15) is 27.7 Å². The molecule has 1 fully saturated rings. The molecule has 0 spiro atoms. The maximum atomic E-state index is 6.01. The van der Waals surface area contributed by atoms with Crippen LogP contribution in [0, 0.1) is 0 Å². The molecule has 0 bridgehead atoms. The minimum absolute atomic E-state index is 0.338. The SMILES string of the molecule is CC1(C)OB(c2csc(-c3cccnc3)n2)OC1(C)C. The van der Waals surface area contributed by atoms with Gasteiger partial charge in [-0.1, -0.05) is 0 Å². The van der Waals surface area contributed by atoms with Crippen LogP contribution in [0.25, 0.3) is 10.6 Å². The fourth-order valence-electron chi connectivity index (χ4n) is 1.98. The molecule has 0 unspecified atom stereocenters. The summed E-state index contributed by atoms with van der Waals surface area (Å²) in [5.41, 5.74) is 1.17. The molecule has 0 radical (unpaired) electrons. The van der Waals surface area contributed by atoms with Crippen LogP contribution < -0.4 is 5.59 Å². The molecule has 0 aliphatic carbocycles. The van der Waals surface area contributed by atoms with Crippen molar-refractivity contribution in [1.82, 2.24) is 9.97 Å². The summed E-state index contributed by atoms with van der Waals surface area (Å²) in [4.78, 5) is 8.74. The van der Waals surface area contributed by atoms with Crippen molar-refractivity contribution in [3.8, 4) is 10.6 Å². The summed E-state index contributed by atoms with van der Waals surface area (Å²) < 4.78 is 12.0. The number of rotatable bonds is 2. The van der Waals surface area contributed by atoms with Crippen molar-refractivity contribution in [2.75, 3.05) is 0 Å². The second-order valence-corrected chi connectivity index (χ2v) is 6.77. The van der Waals surface area contributed by atoms with E-state index in [-0.39, 0.29) is 11.2 Å². The highest BCUT2D eigenvalue weighted by molar-refractivity contribution is 7.14. The molecule has 0 aromatic carbocycles. The average Bonchev–Trinajstić information content (AvgIpc) is 2.94. The first kappa shape index (κ1) is 13.7. The van der Waals surface area contributed by atoms with Crippen LogP contribution in [-0.4, -0.2) is 28.3 Å². The first-order valence-electron chi connectivity index (χ1n) is 6.60. The largest absolute Gasteiger partial charge is 0.515 e. The summed E-state index contributed by atoms with van der Waals surface area (Å²) in [6, 6.07) is 3.91. The van der Waals surface area contributed by atoms with Crippen molar-refractivity contribution in [2.45, 2.75) is 38.9 Å². The van der Waals surface area contributed by atoms with Crippen LogP contribution in [0.15, 0.2) is 29.9 Å². The summed E-state index contributed by atoms with van der Waals surface area (Å²) in [7, 11) is -0.401. The molecule has 2 aromatic rings. The lowest BCUT2D eigenvalue weighted by Gasteiger charge is -2.32. The van der Waals surface area contributed by atoms with E-state index < -0.39 is 7.12 Å². The summed E-state index contributed by atoms with van der Waals surface area (Å²) in [5, 5.41) is 2.92. The molecule has 4 nitrogen and oxygen atoms in total. The predicted octanol–water partition coefficient (Wildman–Crippen LogP) is 2.50. The molecular formula is C14H17BN2O2S. The van der Waals surface area contributed by atoms with Gasteiger partial charge in [-0.15, -0.1) is 11.3 Å². The van der Waals surface area contributed by atoms with Crippen molar-refractivity contribution in [1.29, 1.82) is 0 Å². The van der Waals surface area contributed by atoms with E-state index >= 15 is 0 Å². The van der Waals surface area contributed by atoms with Crippen LogP contribution in [-0.2, 0) is 9.31 Å². The summed E-state index contributed by atoms with van der Waals surface area (Å²) in [5.74, 6) is 0. The quantitative estimate of drug-likeness (QED) is 0.796. The zero-order chi connectivity index (χ0) is 14.4. The van der Waals surface area contributed by atoms with Crippen molar-refractivity contribution < 1.29 is 9.31 Å². The Morgan fingerprint density at radius 1 is 1.15 bits per heavy atom. The Morgan fingerprint density at radius 2 is 1.85 bits per heavy atom. The molecule has 3 rings (SSSR count). The number of thiazole rings is 1. The molecule has 0 amide bonds. The molecule has 1 aliphatic heterocycles. The van der Waals surface area contributed by atoms with Crippen molar-refractivity contribution in [3.63, 3.8) is 0 Å². The number of nitrogens with zero attached hydrogens (tertiary/aromatic N) is 2. The Kier molecular flexibility index (Phi) is 3.19. The van der Waals surface area contributed by atoms with E-state index in [1.807, 2.05) is 51.4 Å². The van der Waals surface area contributed by atoms with E-state index in [9.17, 15) is 0 Å². The van der Waals surface area contributed by atoms with E-state index in [1.54, 1.807) is 17.5 Å². The summed E-state index contributed by atoms with van der Waals surface area (Å²) in [6.07, 6.45) is 3.57. The maximum Gasteiger partial charge on any atom is 0.515 e. The molecule has 3 heterocycles. The normalized spacial score (nSPS) is 20.3. The third-order valence-electron chi connectivity index (χ3n) is 3.93. The van der Waals surface area contributed by atoms with Gasteiger partial charge in [0.2, 0.25) is 0 Å². The minimum Gasteiger partial charge on any atom is -0.398 e. The Morgan fingerprint density at radius 3 is 2.45 bits per heavy atom. The van der Waals surface area contributed by atoms with Gasteiger partial charge in [-0.25, -0.2) is 4.98 Å². The zero-order valence-electron chi connectivity index (χ0n) is 12.1. The van der Waals surface area contributed by atoms with E-state index in [0.717, 1.165) is 16.2 Å². The molecule has 1 saturated heterocycles. The lowest BCUT2D eigenvalue weighted by Crippen LogP contribution is -2.41. The molecule has 104 valence electrons. The van der Waals surface area contributed by atoms with Gasteiger partial charge in [0.1, 0.15) is 5.01 Å². The van der Waals surface area contributed by atoms with Crippen LogP contribution in [0.5, 0.6) is 0 Å². The van der Waals surface area contributed by atoms with Gasteiger partial charge in [0.25, 0.3) is 0 Å². The van der Waals surface area contributed by atoms with Crippen LogP contribution >= 0.6 is 11.3 Å². The fourth-order valence-corrected chi connectivity index (χ4v) is 2.79. The summed E-state index contributed by atoms with van der Waals surface area (Å²) >= 11 is 1.58. The molecule has 6 heteroatoms. The highest BCUT2D eigenvalue weighted by atomic mass is 32.1. The Labute approximate surface area is 123 Å². The van der Waals surface area contributed by atoms with Gasteiger partial charge in [-0.05, 0) is 39.8 Å². The number of hydrogen-bond acceptors (Lipinski definition) is 5. The second kappa shape index (κ2) is 4.65. The number of aromatic nitrogens is 2. The molecule has 1 aliphatic rings. The van der Waals surface area contributed by atoms with E-state index in [4.69, 9.17) is 9.31 Å². The topological polar surface area (TPSA) is 44.2 Å². The number of pyridine rings is 1. The molecule has 0 saturated carbocycles. The average molecular weight is 288 g/mol. The highest BCUT2D eigenvalue weighted by Crippen LogP contribution is 2.36. The van der Waals surface area contributed by atoms with Crippen molar-refractivity contribution in [3.05, 3.63) is 29.9 Å². The first-order chi connectivity index (χ1) is 9.39. The third-order valence-corrected chi connectivity index (χ3v) is 4.83. The first-order valence-corrected chi connectivity index (χ1v) is 7.48. The monoisotopic (exact) mass is 288 g/mol. The minimum atomic E-state index is -0.401. The lowest BCUT2D eigenvalue weighted by molar-refractivity contribution is 0.00578. The predicted molar refractivity (Wildman–Crippen MR) is 81.1 cm³/mol. The summed E-state index contributed by atoms with van der Waals surface area (Å²) in [6.45, 7) is 8.17. The van der Waals surface area contributed by atoms with Gasteiger partial charge in [0.15, 0.2) is 0 Å². The van der Waals surface area contributed by atoms with Gasteiger partial charge in [0.05, 0.1) is 16.8 Å². The van der Waals surface area contributed by atoms with E-state index in [2.05, 4.69) is 9.97 Å². The van der Waals surface area contributed by atoms with Gasteiger partial charge < -0.3 is 9.31 Å². The molecule has 0 atom stereocenters. The van der Waals surface area contributed by atoms with E-state index in [1.165, 1.54) is 0 Å². The Hall–Kier alpha value is -1.24. The third kappa shape index (κ3) is 2.28. The standard InChI is InChI=1S/C14H17BN2O2S/c1-13(2)14(3,4)19-15(18-13)11-9-20-12(17-11)10-6-5-7-16-8-10/h5-9H,1-4H3. The highest BCUT2D eigenvalue weighted by Gasteiger charge is 2.52. The Balaban J connectivity index is 1.86. The molecule has 2 aromatic heterocycles. The van der Waals surface area contributed by atoms with Gasteiger partial charge in [-0.3, -0.25) is 4.98 Å². The van der Waals surface area contributed by atoms with Crippen LogP contribution in [0.2, 0.25) is 0 Å². The van der Waals surface area contributed by atoms with Crippen molar-refractivity contribution in [2.24, 2.45) is 0 Å². The fraction of sp³-hybridized carbons (Fsp3) is 0.429. The number of hydrogen-bond donors (Lipinski definition) is 0. The molecule has 0 N–H and O–H groups in total. The molecular weight excluding hydrogens is 271 g/mol.